The number of piperazine rings is 1. The molecule has 4 rings (SSSR count). The Labute approximate surface area is 205 Å². The predicted octanol–water partition coefficient (Wildman–Crippen LogP) is 5.25. The summed E-state index contributed by atoms with van der Waals surface area (Å²) in [6.07, 6.45) is 0. The monoisotopic (exact) mass is 485 g/mol. The number of amides is 1. The molecule has 1 aliphatic heterocycles. The van der Waals surface area contributed by atoms with E-state index in [1.54, 1.807) is 17.7 Å². The maximum Gasteiger partial charge on any atom is 0.260 e. The summed E-state index contributed by atoms with van der Waals surface area (Å²) in [6, 6.07) is 13.8. The van der Waals surface area contributed by atoms with Crippen molar-refractivity contribution >= 4 is 40.5 Å². The van der Waals surface area contributed by atoms with E-state index in [4.69, 9.17) is 23.2 Å². The minimum absolute atomic E-state index is 0.289. The van der Waals surface area contributed by atoms with Gasteiger partial charge in [-0.1, -0.05) is 60.0 Å². The van der Waals surface area contributed by atoms with Gasteiger partial charge in [-0.3, -0.25) is 4.79 Å². The fourth-order valence-electron chi connectivity index (χ4n) is 4.16. The molecule has 0 aliphatic carbocycles. The number of nitrogens with one attached hydrogen (secondary N) is 1. The quantitative estimate of drug-likeness (QED) is 0.517. The average molecular weight is 486 g/mol. The summed E-state index contributed by atoms with van der Waals surface area (Å²) >= 11 is 12.9. The zero-order valence-corrected chi connectivity index (χ0v) is 20.7. The molecule has 2 aromatic carbocycles. The standard InChI is InChI=1S/C25H29Cl2N5O/c1-4-30-11-13-31(14-12-30)22-10-9-20(26)15-21(22)28-25(33)23-18(3)29-32(24(23)27)16-19-7-5-17(2)6-8-19/h5-10,15H,4,11-14,16H2,1-3H3,(H,28,33). The molecule has 0 spiro atoms. The van der Waals surface area contributed by atoms with Gasteiger partial charge in [0.05, 0.1) is 29.2 Å². The number of nitrogens with zero attached hydrogens (tertiary/aromatic N) is 4. The molecule has 1 N–H and O–H groups in total. The number of carbonyl (C=O) groups excluding carboxylic acids is 1. The lowest BCUT2D eigenvalue weighted by molar-refractivity contribution is 0.102. The summed E-state index contributed by atoms with van der Waals surface area (Å²) in [7, 11) is 0. The highest BCUT2D eigenvalue weighted by atomic mass is 35.5. The number of aryl methyl sites for hydroxylation is 2. The maximum absolute atomic E-state index is 13.3. The molecular formula is C25H29Cl2N5O. The Bertz CT molecular complexity index is 1130. The Morgan fingerprint density at radius 2 is 1.73 bits per heavy atom. The fourth-order valence-corrected chi connectivity index (χ4v) is 4.65. The first kappa shape index (κ1) is 23.6. The van der Waals surface area contributed by atoms with E-state index >= 15 is 0 Å². The summed E-state index contributed by atoms with van der Waals surface area (Å²) in [5.41, 5.74) is 4.87. The van der Waals surface area contributed by atoms with Crippen LogP contribution in [-0.4, -0.2) is 53.3 Å². The average Bonchev–Trinajstić information content (AvgIpc) is 3.08. The van der Waals surface area contributed by atoms with Gasteiger partial charge in [0.15, 0.2) is 0 Å². The number of hydrogen-bond acceptors (Lipinski definition) is 4. The normalized spacial score (nSPS) is 14.5. The Balaban J connectivity index is 1.56. The third-order valence-corrected chi connectivity index (χ3v) is 6.73. The van der Waals surface area contributed by atoms with E-state index in [1.807, 2.05) is 43.3 Å². The third-order valence-electron chi connectivity index (χ3n) is 6.11. The Hall–Kier alpha value is -2.54. The number of carbonyl (C=O) groups is 1. The van der Waals surface area contributed by atoms with Crippen LogP contribution < -0.4 is 10.2 Å². The highest BCUT2D eigenvalue weighted by molar-refractivity contribution is 6.34. The van der Waals surface area contributed by atoms with Crippen molar-refractivity contribution in [1.29, 1.82) is 0 Å². The van der Waals surface area contributed by atoms with Crippen molar-refractivity contribution in [3.63, 3.8) is 0 Å². The number of hydrogen-bond donors (Lipinski definition) is 1. The van der Waals surface area contributed by atoms with E-state index < -0.39 is 0 Å². The fraction of sp³-hybridized carbons (Fsp3) is 0.360. The second kappa shape index (κ2) is 10.2. The molecule has 1 amide bonds. The van der Waals surface area contributed by atoms with Gasteiger partial charge in [-0.05, 0) is 44.2 Å². The van der Waals surface area contributed by atoms with Gasteiger partial charge in [-0.15, -0.1) is 0 Å². The molecule has 0 saturated carbocycles. The minimum Gasteiger partial charge on any atom is -0.367 e. The smallest absolute Gasteiger partial charge is 0.260 e. The van der Waals surface area contributed by atoms with E-state index in [9.17, 15) is 4.79 Å². The highest BCUT2D eigenvalue weighted by Crippen LogP contribution is 2.31. The lowest BCUT2D eigenvalue weighted by Gasteiger charge is -2.36. The van der Waals surface area contributed by atoms with Gasteiger partial charge in [0, 0.05) is 31.2 Å². The number of rotatable bonds is 6. The zero-order chi connectivity index (χ0) is 23.5. The molecule has 2 heterocycles. The van der Waals surface area contributed by atoms with Crippen LogP contribution in [0.2, 0.25) is 10.2 Å². The van der Waals surface area contributed by atoms with Gasteiger partial charge in [-0.2, -0.15) is 5.10 Å². The van der Waals surface area contributed by atoms with Gasteiger partial charge >= 0.3 is 0 Å². The van der Waals surface area contributed by atoms with Crippen molar-refractivity contribution in [3.8, 4) is 0 Å². The van der Waals surface area contributed by atoms with Crippen LogP contribution in [-0.2, 0) is 6.54 Å². The molecule has 6 nitrogen and oxygen atoms in total. The van der Waals surface area contributed by atoms with E-state index in [0.29, 0.717) is 33.7 Å². The number of halogens is 2. The molecule has 0 atom stereocenters. The summed E-state index contributed by atoms with van der Waals surface area (Å²) < 4.78 is 1.67. The van der Waals surface area contributed by atoms with Gasteiger partial charge in [-0.25, -0.2) is 4.68 Å². The van der Waals surface area contributed by atoms with Crippen molar-refractivity contribution in [3.05, 3.63) is 75.0 Å². The number of anilines is 2. The molecule has 0 radical (unpaired) electrons. The summed E-state index contributed by atoms with van der Waals surface area (Å²) in [4.78, 5) is 18.0. The number of aromatic nitrogens is 2. The SMILES string of the molecule is CCN1CCN(c2ccc(Cl)cc2NC(=O)c2c(C)nn(Cc3ccc(C)cc3)c2Cl)CC1. The zero-order valence-electron chi connectivity index (χ0n) is 19.2. The van der Waals surface area contributed by atoms with Gasteiger partial charge in [0.1, 0.15) is 5.15 Å². The van der Waals surface area contributed by atoms with E-state index in [0.717, 1.165) is 44.0 Å². The van der Waals surface area contributed by atoms with Crippen LogP contribution in [0.1, 0.15) is 34.1 Å². The second-order valence-electron chi connectivity index (χ2n) is 8.43. The molecule has 174 valence electrons. The van der Waals surface area contributed by atoms with Crippen molar-refractivity contribution in [2.45, 2.75) is 27.3 Å². The Kier molecular flexibility index (Phi) is 7.27. The van der Waals surface area contributed by atoms with Crippen LogP contribution in [0, 0.1) is 13.8 Å². The molecule has 8 heteroatoms. The van der Waals surface area contributed by atoms with E-state index in [1.165, 1.54) is 5.56 Å². The summed E-state index contributed by atoms with van der Waals surface area (Å²) in [6.45, 7) is 11.3. The molecule has 0 unspecified atom stereocenters. The summed E-state index contributed by atoms with van der Waals surface area (Å²) in [5, 5.41) is 8.45. The molecule has 1 fully saturated rings. The largest absolute Gasteiger partial charge is 0.367 e. The van der Waals surface area contributed by atoms with E-state index in [-0.39, 0.29) is 5.91 Å². The van der Waals surface area contributed by atoms with Crippen LogP contribution in [0.15, 0.2) is 42.5 Å². The maximum atomic E-state index is 13.3. The molecule has 33 heavy (non-hydrogen) atoms. The molecular weight excluding hydrogens is 457 g/mol. The second-order valence-corrected chi connectivity index (χ2v) is 9.23. The topological polar surface area (TPSA) is 53.4 Å². The molecule has 3 aromatic rings. The van der Waals surface area contributed by atoms with Crippen LogP contribution in [0.3, 0.4) is 0 Å². The minimum atomic E-state index is -0.289. The lowest BCUT2D eigenvalue weighted by atomic mass is 10.1. The van der Waals surface area contributed by atoms with Crippen LogP contribution in [0.4, 0.5) is 11.4 Å². The van der Waals surface area contributed by atoms with Gasteiger partial charge in [0.25, 0.3) is 5.91 Å². The van der Waals surface area contributed by atoms with Crippen molar-refractivity contribution in [2.24, 2.45) is 0 Å². The van der Waals surface area contributed by atoms with Crippen molar-refractivity contribution < 1.29 is 4.79 Å². The molecule has 0 bridgehead atoms. The van der Waals surface area contributed by atoms with Gasteiger partial charge < -0.3 is 15.1 Å². The first-order valence-corrected chi connectivity index (χ1v) is 12.0. The molecule has 1 aromatic heterocycles. The third kappa shape index (κ3) is 5.35. The van der Waals surface area contributed by atoms with Crippen LogP contribution in [0.5, 0.6) is 0 Å². The first-order chi connectivity index (χ1) is 15.9. The Morgan fingerprint density at radius 3 is 2.39 bits per heavy atom. The van der Waals surface area contributed by atoms with Crippen molar-refractivity contribution in [1.82, 2.24) is 14.7 Å². The molecule has 1 aliphatic rings. The van der Waals surface area contributed by atoms with Gasteiger partial charge in [0.2, 0.25) is 0 Å². The predicted molar refractivity (Wildman–Crippen MR) is 136 cm³/mol. The Morgan fingerprint density at radius 1 is 1.03 bits per heavy atom. The lowest BCUT2D eigenvalue weighted by Crippen LogP contribution is -2.46. The van der Waals surface area contributed by atoms with Crippen molar-refractivity contribution in [2.75, 3.05) is 42.9 Å². The summed E-state index contributed by atoms with van der Waals surface area (Å²) in [5.74, 6) is -0.289. The van der Waals surface area contributed by atoms with Crippen LogP contribution >= 0.6 is 23.2 Å². The molecule has 1 saturated heterocycles. The highest BCUT2D eigenvalue weighted by Gasteiger charge is 2.23. The number of likely N-dealkylation sites (N-methyl/N-ethyl adjacent to an activating group) is 1. The first-order valence-electron chi connectivity index (χ1n) is 11.2. The van der Waals surface area contributed by atoms with E-state index in [2.05, 4.69) is 27.1 Å². The number of benzene rings is 2. The van der Waals surface area contributed by atoms with Crippen LogP contribution in [0.25, 0.3) is 0 Å².